The van der Waals surface area contributed by atoms with Gasteiger partial charge in [0.2, 0.25) is 5.91 Å². The zero-order chi connectivity index (χ0) is 18.7. The van der Waals surface area contributed by atoms with Crippen LogP contribution in [0.3, 0.4) is 0 Å². The standard InChI is InChI=1S/C20H20ClN3O2/c1-13(2)19(14-7-9-15(21)10-8-14)23-18(25)11-24-12-22-17-6-4-3-5-16(17)20(24)26/h3-10,12-13,19H,11H2,1-2H3,(H,23,25)/t19-/m0/s1. The quantitative estimate of drug-likeness (QED) is 0.747. The monoisotopic (exact) mass is 369 g/mol. The van der Waals surface area contributed by atoms with Crippen molar-refractivity contribution in [3.63, 3.8) is 0 Å². The summed E-state index contributed by atoms with van der Waals surface area (Å²) in [5, 5.41) is 4.16. The Kier molecular flexibility index (Phi) is 5.38. The maximum Gasteiger partial charge on any atom is 0.261 e. The van der Waals surface area contributed by atoms with Crippen molar-refractivity contribution in [2.75, 3.05) is 0 Å². The molecular formula is C20H20ClN3O2. The Labute approximate surface area is 156 Å². The van der Waals surface area contributed by atoms with Crippen LogP contribution >= 0.6 is 11.6 Å². The molecule has 6 heteroatoms. The number of nitrogens with zero attached hydrogens (tertiary/aromatic N) is 2. The van der Waals surface area contributed by atoms with E-state index in [-0.39, 0.29) is 30.0 Å². The van der Waals surface area contributed by atoms with Gasteiger partial charge in [-0.25, -0.2) is 4.98 Å². The van der Waals surface area contributed by atoms with Crippen molar-refractivity contribution >= 4 is 28.4 Å². The van der Waals surface area contributed by atoms with Gasteiger partial charge in [0, 0.05) is 5.02 Å². The van der Waals surface area contributed by atoms with Gasteiger partial charge >= 0.3 is 0 Å². The van der Waals surface area contributed by atoms with Crippen LogP contribution in [0.1, 0.15) is 25.5 Å². The number of amides is 1. The molecule has 1 heterocycles. The number of fused-ring (bicyclic) bond motifs is 1. The Balaban J connectivity index is 1.80. The molecule has 0 aliphatic heterocycles. The number of hydrogen-bond acceptors (Lipinski definition) is 3. The molecule has 2 aromatic carbocycles. The molecule has 0 fully saturated rings. The summed E-state index contributed by atoms with van der Waals surface area (Å²) >= 11 is 5.94. The van der Waals surface area contributed by atoms with Crippen molar-refractivity contribution in [3.8, 4) is 0 Å². The maximum atomic E-state index is 12.5. The molecule has 0 aliphatic rings. The second-order valence-electron chi connectivity index (χ2n) is 6.54. The fourth-order valence-electron chi connectivity index (χ4n) is 2.90. The number of nitrogens with one attached hydrogen (secondary N) is 1. The molecule has 0 bridgehead atoms. The third kappa shape index (κ3) is 3.94. The van der Waals surface area contributed by atoms with Crippen molar-refractivity contribution in [1.82, 2.24) is 14.9 Å². The SMILES string of the molecule is CC(C)[C@H](NC(=O)Cn1cnc2ccccc2c1=O)c1ccc(Cl)cc1. The van der Waals surface area contributed by atoms with E-state index in [4.69, 9.17) is 11.6 Å². The zero-order valence-corrected chi connectivity index (χ0v) is 15.4. The molecular weight excluding hydrogens is 350 g/mol. The predicted octanol–water partition coefficient (Wildman–Crippen LogP) is 3.56. The molecule has 0 unspecified atom stereocenters. The average molecular weight is 370 g/mol. The molecule has 134 valence electrons. The number of hydrogen-bond donors (Lipinski definition) is 1. The van der Waals surface area contributed by atoms with Crippen molar-refractivity contribution in [2.24, 2.45) is 5.92 Å². The van der Waals surface area contributed by atoms with Crippen LogP contribution in [0.5, 0.6) is 0 Å². The van der Waals surface area contributed by atoms with E-state index in [0.717, 1.165) is 5.56 Å². The Morgan fingerprint density at radius 3 is 2.54 bits per heavy atom. The lowest BCUT2D eigenvalue weighted by Gasteiger charge is -2.23. The normalized spacial score (nSPS) is 12.3. The fourth-order valence-corrected chi connectivity index (χ4v) is 3.02. The van der Waals surface area contributed by atoms with Gasteiger partial charge in [-0.3, -0.25) is 14.2 Å². The minimum atomic E-state index is -0.238. The summed E-state index contributed by atoms with van der Waals surface area (Å²) < 4.78 is 1.33. The molecule has 0 radical (unpaired) electrons. The Morgan fingerprint density at radius 2 is 1.85 bits per heavy atom. The first-order valence-corrected chi connectivity index (χ1v) is 8.82. The summed E-state index contributed by atoms with van der Waals surface area (Å²) in [6.07, 6.45) is 1.41. The Morgan fingerprint density at radius 1 is 1.15 bits per heavy atom. The average Bonchev–Trinajstić information content (AvgIpc) is 2.63. The lowest BCUT2D eigenvalue weighted by atomic mass is 9.96. The van der Waals surface area contributed by atoms with Crippen molar-refractivity contribution in [1.29, 1.82) is 0 Å². The zero-order valence-electron chi connectivity index (χ0n) is 14.6. The Hall–Kier alpha value is -2.66. The van der Waals surface area contributed by atoms with E-state index in [9.17, 15) is 9.59 Å². The summed E-state index contributed by atoms with van der Waals surface area (Å²) in [7, 11) is 0. The van der Waals surface area contributed by atoms with Crippen LogP contribution in [0.25, 0.3) is 10.9 Å². The van der Waals surface area contributed by atoms with Gasteiger partial charge in [-0.05, 0) is 35.7 Å². The molecule has 3 aromatic rings. The minimum absolute atomic E-state index is 0.0759. The van der Waals surface area contributed by atoms with Gasteiger partial charge in [-0.1, -0.05) is 49.7 Å². The van der Waals surface area contributed by atoms with Crippen molar-refractivity contribution in [3.05, 3.63) is 75.8 Å². The van der Waals surface area contributed by atoms with E-state index in [2.05, 4.69) is 10.3 Å². The topological polar surface area (TPSA) is 64.0 Å². The fraction of sp³-hybridized carbons (Fsp3) is 0.250. The molecule has 1 atom stereocenters. The Bertz CT molecular complexity index is 980. The second kappa shape index (κ2) is 7.70. The lowest BCUT2D eigenvalue weighted by molar-refractivity contribution is -0.122. The van der Waals surface area contributed by atoms with Crippen LogP contribution in [0, 0.1) is 5.92 Å². The highest BCUT2D eigenvalue weighted by Gasteiger charge is 2.19. The van der Waals surface area contributed by atoms with E-state index in [0.29, 0.717) is 15.9 Å². The first kappa shape index (κ1) is 18.1. The number of carbonyl (C=O) groups is 1. The van der Waals surface area contributed by atoms with Gasteiger partial charge in [0.1, 0.15) is 6.54 Å². The molecule has 5 nitrogen and oxygen atoms in total. The second-order valence-corrected chi connectivity index (χ2v) is 6.97. The van der Waals surface area contributed by atoms with E-state index in [1.165, 1.54) is 10.9 Å². The number of halogens is 1. The van der Waals surface area contributed by atoms with Gasteiger partial charge in [0.15, 0.2) is 0 Å². The highest BCUT2D eigenvalue weighted by atomic mass is 35.5. The highest BCUT2D eigenvalue weighted by molar-refractivity contribution is 6.30. The third-order valence-electron chi connectivity index (χ3n) is 4.26. The molecule has 0 saturated carbocycles. The van der Waals surface area contributed by atoms with Gasteiger partial charge in [-0.2, -0.15) is 0 Å². The number of carbonyl (C=O) groups excluding carboxylic acids is 1. The third-order valence-corrected chi connectivity index (χ3v) is 4.51. The van der Waals surface area contributed by atoms with Crippen LogP contribution < -0.4 is 10.9 Å². The van der Waals surface area contributed by atoms with Crippen LogP contribution in [0.2, 0.25) is 5.02 Å². The highest BCUT2D eigenvalue weighted by Crippen LogP contribution is 2.23. The summed E-state index contributed by atoms with van der Waals surface area (Å²) in [6, 6.07) is 14.3. The number of para-hydroxylation sites is 1. The van der Waals surface area contributed by atoms with Crippen LogP contribution in [-0.2, 0) is 11.3 Å². The summed E-state index contributed by atoms with van der Waals surface area (Å²) in [6.45, 7) is 3.99. The lowest BCUT2D eigenvalue weighted by Crippen LogP contribution is -2.36. The summed E-state index contributed by atoms with van der Waals surface area (Å²) in [4.78, 5) is 29.3. The van der Waals surface area contributed by atoms with Gasteiger partial charge in [0.05, 0.1) is 23.3 Å². The van der Waals surface area contributed by atoms with E-state index < -0.39 is 0 Å². The van der Waals surface area contributed by atoms with Crippen LogP contribution in [0.15, 0.2) is 59.7 Å². The molecule has 26 heavy (non-hydrogen) atoms. The molecule has 3 rings (SSSR count). The molecule has 0 aliphatic carbocycles. The van der Waals surface area contributed by atoms with Crippen molar-refractivity contribution < 1.29 is 4.79 Å². The number of aromatic nitrogens is 2. The van der Waals surface area contributed by atoms with E-state index >= 15 is 0 Å². The maximum absolute atomic E-state index is 12.5. The predicted molar refractivity (Wildman–Crippen MR) is 103 cm³/mol. The van der Waals surface area contributed by atoms with Crippen LogP contribution in [0.4, 0.5) is 0 Å². The van der Waals surface area contributed by atoms with Gasteiger partial charge in [-0.15, -0.1) is 0 Å². The van der Waals surface area contributed by atoms with Gasteiger partial charge in [0.25, 0.3) is 5.56 Å². The van der Waals surface area contributed by atoms with Crippen molar-refractivity contribution in [2.45, 2.75) is 26.4 Å². The minimum Gasteiger partial charge on any atom is -0.347 e. The first-order chi connectivity index (χ1) is 12.5. The van der Waals surface area contributed by atoms with Crippen LogP contribution in [-0.4, -0.2) is 15.5 Å². The summed E-state index contributed by atoms with van der Waals surface area (Å²) in [5.41, 5.74) is 1.37. The number of rotatable bonds is 5. The number of benzene rings is 2. The van der Waals surface area contributed by atoms with E-state index in [1.807, 2.05) is 32.0 Å². The molecule has 1 aromatic heterocycles. The largest absolute Gasteiger partial charge is 0.347 e. The first-order valence-electron chi connectivity index (χ1n) is 8.44. The van der Waals surface area contributed by atoms with Gasteiger partial charge < -0.3 is 5.32 Å². The summed E-state index contributed by atoms with van der Waals surface area (Å²) in [5.74, 6) is -0.0515. The molecule has 0 saturated heterocycles. The molecule has 0 spiro atoms. The smallest absolute Gasteiger partial charge is 0.261 e. The van der Waals surface area contributed by atoms with E-state index in [1.54, 1.807) is 30.3 Å². The molecule has 1 N–H and O–H groups in total. The molecule has 1 amide bonds.